The van der Waals surface area contributed by atoms with E-state index >= 15 is 0 Å². The molecular weight excluding hydrogens is 246 g/mol. The molecule has 20 heavy (non-hydrogen) atoms. The lowest BCUT2D eigenvalue weighted by atomic mass is 10.1. The van der Waals surface area contributed by atoms with Crippen molar-refractivity contribution >= 4 is 0 Å². The molecule has 0 spiro atoms. The first-order valence-corrected chi connectivity index (χ1v) is 8.32. The molecule has 1 aromatic rings. The van der Waals surface area contributed by atoms with Crippen LogP contribution in [0.3, 0.4) is 0 Å². The van der Waals surface area contributed by atoms with E-state index in [0.717, 1.165) is 49.6 Å². The number of unbranched alkanes of at least 4 members (excludes halogenated alkanes) is 5. The van der Waals surface area contributed by atoms with Crippen molar-refractivity contribution in [2.45, 2.75) is 84.5 Å². The first-order chi connectivity index (χ1) is 9.80. The van der Waals surface area contributed by atoms with Crippen molar-refractivity contribution in [3.63, 3.8) is 0 Å². The highest BCUT2D eigenvalue weighted by atomic mass is 15.0. The molecule has 0 aliphatic rings. The van der Waals surface area contributed by atoms with Gasteiger partial charge in [0.25, 0.3) is 0 Å². The molecule has 0 aromatic carbocycles. The van der Waals surface area contributed by atoms with E-state index in [1.54, 1.807) is 0 Å². The summed E-state index contributed by atoms with van der Waals surface area (Å²) in [7, 11) is 0. The molecule has 0 saturated carbocycles. The topological polar surface area (TPSA) is 38.7 Å². The van der Waals surface area contributed by atoms with E-state index in [9.17, 15) is 0 Å². The molecule has 3 heteroatoms. The summed E-state index contributed by atoms with van der Waals surface area (Å²) in [5.41, 5.74) is 0. The van der Waals surface area contributed by atoms with Crippen LogP contribution in [0.25, 0.3) is 0 Å². The standard InChI is InChI=1S/C17H30N3/c1-4-7-10-13-16-18-15(12-9-6-3)19-17(20-16)14-11-8-5-2/h3-14H2,1-2H3. The van der Waals surface area contributed by atoms with Gasteiger partial charge in [-0.1, -0.05) is 52.9 Å². The lowest BCUT2D eigenvalue weighted by Crippen LogP contribution is -2.08. The quantitative estimate of drug-likeness (QED) is 0.559. The Morgan fingerprint density at radius 1 is 0.650 bits per heavy atom. The predicted octanol–water partition coefficient (Wildman–Crippen LogP) is 4.49. The number of aromatic nitrogens is 3. The van der Waals surface area contributed by atoms with Crippen LogP contribution >= 0.6 is 0 Å². The zero-order chi connectivity index (χ0) is 14.6. The van der Waals surface area contributed by atoms with E-state index in [0.29, 0.717) is 0 Å². The van der Waals surface area contributed by atoms with Crippen LogP contribution in [0.4, 0.5) is 0 Å². The Morgan fingerprint density at radius 3 is 1.40 bits per heavy atom. The molecule has 0 bridgehead atoms. The minimum atomic E-state index is 0.938. The van der Waals surface area contributed by atoms with Gasteiger partial charge in [-0.05, 0) is 19.3 Å². The van der Waals surface area contributed by atoms with Crippen molar-refractivity contribution in [2.24, 2.45) is 0 Å². The van der Waals surface area contributed by atoms with Crippen molar-refractivity contribution < 1.29 is 0 Å². The van der Waals surface area contributed by atoms with Gasteiger partial charge in [-0.15, -0.1) is 0 Å². The largest absolute Gasteiger partial charge is 0.218 e. The predicted molar refractivity (Wildman–Crippen MR) is 84.6 cm³/mol. The molecule has 0 atom stereocenters. The summed E-state index contributed by atoms with van der Waals surface area (Å²) in [6.45, 7) is 8.35. The fraction of sp³-hybridized carbons (Fsp3) is 0.765. The Hall–Kier alpha value is -0.990. The Kier molecular flexibility index (Phi) is 9.18. The second-order valence-corrected chi connectivity index (χ2v) is 5.46. The Labute approximate surface area is 124 Å². The molecule has 1 heterocycles. The molecule has 1 radical (unpaired) electrons. The summed E-state index contributed by atoms with van der Waals surface area (Å²) in [5.74, 6) is 2.97. The zero-order valence-corrected chi connectivity index (χ0v) is 13.3. The van der Waals surface area contributed by atoms with Crippen molar-refractivity contribution in [3.05, 3.63) is 24.4 Å². The third kappa shape index (κ3) is 6.97. The van der Waals surface area contributed by atoms with Gasteiger partial charge in [-0.3, -0.25) is 0 Å². The molecule has 0 amide bonds. The lowest BCUT2D eigenvalue weighted by molar-refractivity contribution is 0.641. The summed E-state index contributed by atoms with van der Waals surface area (Å²) in [5, 5.41) is 0. The van der Waals surface area contributed by atoms with Crippen molar-refractivity contribution in [2.75, 3.05) is 0 Å². The van der Waals surface area contributed by atoms with Gasteiger partial charge in [0.05, 0.1) is 0 Å². The van der Waals surface area contributed by atoms with E-state index in [4.69, 9.17) is 0 Å². The molecule has 0 fully saturated rings. The minimum absolute atomic E-state index is 0.938. The number of aryl methyl sites for hydroxylation is 3. The van der Waals surface area contributed by atoms with Crippen molar-refractivity contribution in [1.82, 2.24) is 15.0 Å². The molecule has 0 saturated heterocycles. The third-order valence-electron chi connectivity index (χ3n) is 3.43. The summed E-state index contributed by atoms with van der Waals surface area (Å²) in [4.78, 5) is 13.9. The molecule has 3 nitrogen and oxygen atoms in total. The minimum Gasteiger partial charge on any atom is -0.218 e. The highest BCUT2D eigenvalue weighted by Gasteiger charge is 2.06. The van der Waals surface area contributed by atoms with E-state index in [1.165, 1.54) is 38.5 Å². The molecule has 0 aliphatic carbocycles. The van der Waals surface area contributed by atoms with Crippen LogP contribution in [-0.4, -0.2) is 15.0 Å². The van der Waals surface area contributed by atoms with Gasteiger partial charge in [0.2, 0.25) is 0 Å². The summed E-state index contributed by atoms with van der Waals surface area (Å²) < 4.78 is 0. The lowest BCUT2D eigenvalue weighted by Gasteiger charge is -2.07. The molecule has 0 N–H and O–H groups in total. The summed E-state index contributed by atoms with van der Waals surface area (Å²) >= 11 is 0. The number of nitrogens with zero attached hydrogens (tertiary/aromatic N) is 3. The maximum absolute atomic E-state index is 4.65. The SMILES string of the molecule is [CH2]CCCc1nc(CCCCC)nc(CCCCC)n1. The van der Waals surface area contributed by atoms with Crippen LogP contribution in [0.2, 0.25) is 0 Å². The van der Waals surface area contributed by atoms with Crippen molar-refractivity contribution in [1.29, 1.82) is 0 Å². The van der Waals surface area contributed by atoms with Crippen LogP contribution < -0.4 is 0 Å². The Morgan fingerprint density at radius 2 is 1.05 bits per heavy atom. The molecular formula is C17H30N3. The zero-order valence-electron chi connectivity index (χ0n) is 13.3. The number of hydrogen-bond acceptors (Lipinski definition) is 3. The molecule has 113 valence electrons. The molecule has 0 unspecified atom stereocenters. The van der Waals surface area contributed by atoms with Gasteiger partial charge in [0.15, 0.2) is 0 Å². The van der Waals surface area contributed by atoms with Gasteiger partial charge < -0.3 is 0 Å². The van der Waals surface area contributed by atoms with E-state index < -0.39 is 0 Å². The number of hydrogen-bond donors (Lipinski definition) is 0. The first kappa shape index (κ1) is 17.1. The monoisotopic (exact) mass is 276 g/mol. The fourth-order valence-electron chi connectivity index (χ4n) is 2.21. The maximum Gasteiger partial charge on any atom is 0.132 e. The number of rotatable bonds is 11. The average molecular weight is 276 g/mol. The highest BCUT2D eigenvalue weighted by molar-refractivity contribution is 4.98. The summed E-state index contributed by atoms with van der Waals surface area (Å²) in [6, 6.07) is 0. The van der Waals surface area contributed by atoms with Crippen LogP contribution in [0.5, 0.6) is 0 Å². The maximum atomic E-state index is 4.65. The second kappa shape index (κ2) is 10.8. The van der Waals surface area contributed by atoms with Gasteiger partial charge in [-0.25, -0.2) is 15.0 Å². The van der Waals surface area contributed by atoms with Gasteiger partial charge in [0.1, 0.15) is 17.5 Å². The molecule has 1 rings (SSSR count). The van der Waals surface area contributed by atoms with Crippen LogP contribution in [-0.2, 0) is 19.3 Å². The van der Waals surface area contributed by atoms with Crippen LogP contribution in [0.15, 0.2) is 0 Å². The third-order valence-corrected chi connectivity index (χ3v) is 3.43. The summed E-state index contributed by atoms with van der Waals surface area (Å²) in [6.07, 6.45) is 12.3. The second-order valence-electron chi connectivity index (χ2n) is 5.46. The molecule has 0 aliphatic heterocycles. The van der Waals surface area contributed by atoms with Crippen LogP contribution in [0.1, 0.15) is 82.7 Å². The Balaban J connectivity index is 2.67. The van der Waals surface area contributed by atoms with Crippen molar-refractivity contribution in [3.8, 4) is 0 Å². The highest BCUT2D eigenvalue weighted by Crippen LogP contribution is 2.08. The van der Waals surface area contributed by atoms with E-state index in [1.807, 2.05) is 0 Å². The van der Waals surface area contributed by atoms with Gasteiger partial charge >= 0.3 is 0 Å². The Bertz CT molecular complexity index is 335. The van der Waals surface area contributed by atoms with E-state index in [-0.39, 0.29) is 0 Å². The van der Waals surface area contributed by atoms with Gasteiger partial charge in [-0.2, -0.15) is 0 Å². The first-order valence-electron chi connectivity index (χ1n) is 8.32. The molecule has 1 aromatic heterocycles. The fourth-order valence-corrected chi connectivity index (χ4v) is 2.21. The normalized spacial score (nSPS) is 10.9. The smallest absolute Gasteiger partial charge is 0.132 e. The average Bonchev–Trinajstić information content (AvgIpc) is 2.46. The van der Waals surface area contributed by atoms with Crippen LogP contribution in [0, 0.1) is 6.92 Å². The van der Waals surface area contributed by atoms with Gasteiger partial charge in [0, 0.05) is 19.3 Å². The van der Waals surface area contributed by atoms with E-state index in [2.05, 4.69) is 35.7 Å².